The summed E-state index contributed by atoms with van der Waals surface area (Å²) >= 11 is 0. The molecule has 0 N–H and O–H groups in total. The van der Waals surface area contributed by atoms with Gasteiger partial charge in [0, 0.05) is 79.3 Å². The van der Waals surface area contributed by atoms with Gasteiger partial charge in [0.2, 0.25) is 0 Å². The lowest BCUT2D eigenvalue weighted by Crippen LogP contribution is -2.09. The molecule has 0 spiro atoms. The highest BCUT2D eigenvalue weighted by Crippen LogP contribution is 2.43. The Labute approximate surface area is 383 Å². The molecule has 0 bridgehead atoms. The summed E-state index contributed by atoms with van der Waals surface area (Å²) in [6.45, 7) is 2.23. The minimum absolute atomic E-state index is 0.922. The molecule has 5 nitrogen and oxygen atoms in total. The summed E-state index contributed by atoms with van der Waals surface area (Å²) < 4.78 is 2.44. The zero-order valence-corrected chi connectivity index (χ0v) is 36.3. The Morgan fingerprint density at radius 3 is 1.39 bits per heavy atom. The topological polar surface area (TPSA) is 37.2 Å². The zero-order chi connectivity index (χ0) is 44.0. The van der Waals surface area contributed by atoms with Crippen LogP contribution < -0.4 is 9.80 Å². The summed E-state index contributed by atoms with van der Waals surface area (Å²) in [7, 11) is 0. The summed E-state index contributed by atoms with van der Waals surface area (Å²) in [5.41, 5.74) is 17.6. The number of para-hydroxylation sites is 4. The largest absolute Gasteiger partial charge is 0.310 e. The fourth-order valence-corrected chi connectivity index (χ4v) is 9.60. The van der Waals surface area contributed by atoms with Crippen molar-refractivity contribution in [3.63, 3.8) is 0 Å². The third kappa shape index (κ3) is 6.91. The minimum atomic E-state index is 0.922. The van der Waals surface area contributed by atoms with Crippen LogP contribution >= 0.6 is 0 Å². The molecular formula is C61H43N5. The third-order valence-electron chi connectivity index (χ3n) is 12.7. The highest BCUT2D eigenvalue weighted by Gasteiger charge is 2.21. The molecule has 12 aromatic rings. The van der Waals surface area contributed by atoms with E-state index >= 15 is 0 Å². The molecule has 0 unspecified atom stereocenters. The van der Waals surface area contributed by atoms with Crippen molar-refractivity contribution in [3.05, 3.63) is 248 Å². The second-order valence-electron chi connectivity index (χ2n) is 16.8. The molecule has 9 aromatic carbocycles. The van der Waals surface area contributed by atoms with Gasteiger partial charge in [0.15, 0.2) is 0 Å². The monoisotopic (exact) mass is 845 g/mol. The van der Waals surface area contributed by atoms with E-state index in [4.69, 9.17) is 4.98 Å². The number of aryl methyl sites for hydroxylation is 1. The fraction of sp³-hybridized carbons (Fsp3) is 0.0164. The van der Waals surface area contributed by atoms with Crippen LogP contribution in [0.3, 0.4) is 0 Å². The van der Waals surface area contributed by atoms with E-state index in [9.17, 15) is 0 Å². The van der Waals surface area contributed by atoms with Crippen molar-refractivity contribution in [2.24, 2.45) is 0 Å². The fourth-order valence-electron chi connectivity index (χ4n) is 9.60. The van der Waals surface area contributed by atoms with E-state index in [1.54, 1.807) is 0 Å². The molecule has 3 heterocycles. The molecule has 0 atom stereocenters. The lowest BCUT2D eigenvalue weighted by Gasteiger charge is -2.26. The molecule has 3 aromatic heterocycles. The number of hydrogen-bond acceptors (Lipinski definition) is 4. The number of aromatic nitrogens is 3. The SMILES string of the molecule is Cc1cc(-c2cccc(-c3cnc4c(ccc5cccnc54)c3)c2)ccc1-n1c2ccc(N(c3ccccc3)c3ccccc3)cc2c2cc(N(c3ccccc3)c3ccccc3)ccc21. The van der Waals surface area contributed by atoms with Gasteiger partial charge in [-0.2, -0.15) is 0 Å². The van der Waals surface area contributed by atoms with Gasteiger partial charge in [-0.1, -0.05) is 115 Å². The number of fused-ring (bicyclic) bond motifs is 6. The van der Waals surface area contributed by atoms with Gasteiger partial charge in [0.25, 0.3) is 0 Å². The van der Waals surface area contributed by atoms with Crippen LogP contribution in [0, 0.1) is 6.92 Å². The number of hydrogen-bond donors (Lipinski definition) is 0. The van der Waals surface area contributed by atoms with Crippen LogP contribution in [0.25, 0.3) is 71.6 Å². The Kier molecular flexibility index (Phi) is 9.65. The third-order valence-corrected chi connectivity index (χ3v) is 12.7. The van der Waals surface area contributed by atoms with Crippen molar-refractivity contribution in [2.45, 2.75) is 6.92 Å². The molecule has 312 valence electrons. The zero-order valence-electron chi connectivity index (χ0n) is 36.3. The van der Waals surface area contributed by atoms with E-state index < -0.39 is 0 Å². The van der Waals surface area contributed by atoms with Crippen LogP contribution in [0.2, 0.25) is 0 Å². The van der Waals surface area contributed by atoms with Gasteiger partial charge < -0.3 is 14.4 Å². The second-order valence-corrected chi connectivity index (χ2v) is 16.8. The van der Waals surface area contributed by atoms with Gasteiger partial charge in [-0.15, -0.1) is 0 Å². The van der Waals surface area contributed by atoms with Gasteiger partial charge in [-0.05, 0) is 144 Å². The van der Waals surface area contributed by atoms with Crippen molar-refractivity contribution >= 4 is 77.7 Å². The van der Waals surface area contributed by atoms with Crippen molar-refractivity contribution in [2.75, 3.05) is 9.80 Å². The van der Waals surface area contributed by atoms with E-state index in [0.29, 0.717) is 0 Å². The van der Waals surface area contributed by atoms with Crippen LogP contribution in [-0.2, 0) is 0 Å². The lowest BCUT2D eigenvalue weighted by molar-refractivity contribution is 1.15. The average Bonchev–Trinajstić information content (AvgIpc) is 3.70. The van der Waals surface area contributed by atoms with Gasteiger partial charge in [-0.25, -0.2) is 0 Å². The highest BCUT2D eigenvalue weighted by molar-refractivity contribution is 6.12. The molecule has 0 aliphatic heterocycles. The Bertz CT molecular complexity index is 3500. The van der Waals surface area contributed by atoms with Crippen molar-refractivity contribution in [3.8, 4) is 27.9 Å². The first-order valence-corrected chi connectivity index (χ1v) is 22.4. The average molecular weight is 846 g/mol. The van der Waals surface area contributed by atoms with Crippen molar-refractivity contribution in [1.82, 2.24) is 14.5 Å². The molecule has 0 radical (unpaired) electrons. The minimum Gasteiger partial charge on any atom is -0.310 e. The molecule has 0 amide bonds. The van der Waals surface area contributed by atoms with E-state index in [2.05, 4.69) is 251 Å². The van der Waals surface area contributed by atoms with Gasteiger partial charge >= 0.3 is 0 Å². The van der Waals surface area contributed by atoms with Crippen LogP contribution in [-0.4, -0.2) is 14.5 Å². The Morgan fingerprint density at radius 1 is 0.348 bits per heavy atom. The molecule has 0 fully saturated rings. The van der Waals surface area contributed by atoms with Gasteiger partial charge in [0.1, 0.15) is 0 Å². The number of nitrogens with zero attached hydrogens (tertiary/aromatic N) is 5. The smallest absolute Gasteiger partial charge is 0.0964 e. The molecule has 66 heavy (non-hydrogen) atoms. The second kappa shape index (κ2) is 16.4. The van der Waals surface area contributed by atoms with E-state index in [1.165, 1.54) is 16.3 Å². The van der Waals surface area contributed by atoms with E-state index in [-0.39, 0.29) is 0 Å². The van der Waals surface area contributed by atoms with Gasteiger partial charge in [-0.3, -0.25) is 9.97 Å². The maximum absolute atomic E-state index is 4.91. The Balaban J connectivity index is 0.999. The van der Waals surface area contributed by atoms with Gasteiger partial charge in [0.05, 0.1) is 22.1 Å². The Morgan fingerprint density at radius 2 is 0.848 bits per heavy atom. The summed E-state index contributed by atoms with van der Waals surface area (Å²) in [6.07, 6.45) is 3.81. The van der Waals surface area contributed by atoms with E-state index in [0.717, 1.165) is 94.9 Å². The molecule has 5 heteroatoms. The summed E-state index contributed by atoms with van der Waals surface area (Å²) in [5, 5.41) is 4.52. The lowest BCUT2D eigenvalue weighted by atomic mass is 9.97. The van der Waals surface area contributed by atoms with Crippen LogP contribution in [0.5, 0.6) is 0 Å². The first-order valence-electron chi connectivity index (χ1n) is 22.4. The standard InChI is InChI=1S/C61H43N5/c1-42-36-46(44-16-14-17-45(37-44)48-38-47-28-27-43-18-15-35-62-60(43)61(47)63-41-48)29-32-57(42)66-58-33-30-53(64(49-19-6-2-7-20-49)50-21-8-3-9-22-50)39-55(58)56-40-54(31-34-59(56)66)65(51-23-10-4-11-24-51)52-25-12-5-13-26-52/h2-41H,1H3. The summed E-state index contributed by atoms with van der Waals surface area (Å²) in [4.78, 5) is 14.2. The predicted octanol–water partition coefficient (Wildman–Crippen LogP) is 16.5. The van der Waals surface area contributed by atoms with Crippen LogP contribution in [0.15, 0.2) is 243 Å². The highest BCUT2D eigenvalue weighted by atomic mass is 15.1. The first-order chi connectivity index (χ1) is 32.6. The molecule has 12 rings (SSSR count). The maximum Gasteiger partial charge on any atom is 0.0964 e. The Hall–Kier alpha value is -8.80. The molecule has 0 aliphatic carbocycles. The maximum atomic E-state index is 4.91. The van der Waals surface area contributed by atoms with Crippen molar-refractivity contribution in [1.29, 1.82) is 0 Å². The number of pyridine rings is 2. The normalized spacial score (nSPS) is 11.4. The molecular weight excluding hydrogens is 803 g/mol. The molecule has 0 aliphatic rings. The number of benzene rings is 9. The summed E-state index contributed by atoms with van der Waals surface area (Å²) in [6, 6.07) is 82.5. The van der Waals surface area contributed by atoms with E-state index in [1.807, 2.05) is 18.5 Å². The van der Waals surface area contributed by atoms with Crippen molar-refractivity contribution < 1.29 is 0 Å². The molecule has 0 saturated carbocycles. The van der Waals surface area contributed by atoms with Crippen LogP contribution in [0.1, 0.15) is 5.56 Å². The predicted molar refractivity (Wildman–Crippen MR) is 276 cm³/mol. The molecule has 0 saturated heterocycles. The summed E-state index contributed by atoms with van der Waals surface area (Å²) in [5.74, 6) is 0. The number of anilines is 6. The quantitative estimate of drug-likeness (QED) is 0.136. The first kappa shape index (κ1) is 38.8. The number of rotatable bonds is 9. The van der Waals surface area contributed by atoms with Crippen LogP contribution in [0.4, 0.5) is 34.1 Å².